The summed E-state index contributed by atoms with van der Waals surface area (Å²) in [6.07, 6.45) is -0.561. The quantitative estimate of drug-likeness (QED) is 0.749. The Morgan fingerprint density at radius 2 is 1.89 bits per heavy atom. The summed E-state index contributed by atoms with van der Waals surface area (Å²) in [7, 11) is 0. The van der Waals surface area contributed by atoms with E-state index in [4.69, 9.17) is 4.74 Å². The third-order valence-electron chi connectivity index (χ3n) is 3.21. The molecule has 0 aliphatic rings. The molecule has 1 amide bonds. The van der Waals surface area contributed by atoms with Gasteiger partial charge >= 0.3 is 12.1 Å². The number of aromatic nitrogens is 3. The Balaban J connectivity index is 1.89. The van der Waals surface area contributed by atoms with Crippen LogP contribution in [0, 0.1) is 5.41 Å². The minimum absolute atomic E-state index is 0.112. The fourth-order valence-electron chi connectivity index (χ4n) is 1.80. The van der Waals surface area contributed by atoms with E-state index in [1.807, 2.05) is 0 Å². The summed E-state index contributed by atoms with van der Waals surface area (Å²) in [5.41, 5.74) is -0.187. The van der Waals surface area contributed by atoms with Gasteiger partial charge in [0.15, 0.2) is 13.3 Å². The predicted molar refractivity (Wildman–Crippen MR) is 91.5 cm³/mol. The normalized spacial score (nSPS) is 11.8. The van der Waals surface area contributed by atoms with E-state index in [0.29, 0.717) is 5.69 Å². The lowest BCUT2D eigenvalue weighted by molar-refractivity contribution is -0.157. The first-order valence-electron chi connectivity index (χ1n) is 8.11. The first kappa shape index (κ1) is 21.2. The van der Waals surface area contributed by atoms with Crippen LogP contribution in [0.4, 0.5) is 18.9 Å². The average Bonchev–Trinajstić information content (AvgIpc) is 3.04. The molecule has 0 bridgehead atoms. The second-order valence-electron chi connectivity index (χ2n) is 6.82. The summed E-state index contributed by atoms with van der Waals surface area (Å²) in [5, 5.41) is 6.51. The van der Waals surface area contributed by atoms with Crippen LogP contribution >= 0.6 is 0 Å². The van der Waals surface area contributed by atoms with Gasteiger partial charge in [0.25, 0.3) is 5.91 Å². The molecule has 0 aromatic carbocycles. The van der Waals surface area contributed by atoms with Crippen molar-refractivity contribution in [2.45, 2.75) is 33.7 Å². The van der Waals surface area contributed by atoms with Crippen molar-refractivity contribution in [2.75, 3.05) is 11.9 Å². The van der Waals surface area contributed by atoms with Gasteiger partial charge in [-0.25, -0.2) is 9.67 Å². The number of carbonyl (C=O) groups excluding carboxylic acids is 2. The number of rotatable bonds is 6. The zero-order valence-electron chi connectivity index (χ0n) is 15.4. The van der Waals surface area contributed by atoms with E-state index in [1.165, 1.54) is 23.1 Å². The zero-order valence-corrected chi connectivity index (χ0v) is 15.4. The van der Waals surface area contributed by atoms with Crippen LogP contribution in [0.2, 0.25) is 0 Å². The molecular formula is C17H19F3N4O4. The molecule has 2 heterocycles. The van der Waals surface area contributed by atoms with Gasteiger partial charge in [-0.1, -0.05) is 0 Å². The van der Waals surface area contributed by atoms with Gasteiger partial charge < -0.3 is 14.8 Å². The topological polar surface area (TPSA) is 95.3 Å². The molecule has 2 aromatic heterocycles. The maximum absolute atomic E-state index is 12.2. The van der Waals surface area contributed by atoms with Gasteiger partial charge in [0, 0.05) is 12.3 Å². The lowest BCUT2D eigenvalue weighted by Crippen LogP contribution is -2.24. The van der Waals surface area contributed by atoms with Crippen LogP contribution < -0.4 is 10.1 Å². The first-order chi connectivity index (χ1) is 12.9. The molecule has 0 saturated carbocycles. The number of anilines is 1. The molecule has 2 aromatic rings. The lowest BCUT2D eigenvalue weighted by Gasteiger charge is -2.16. The molecule has 0 radical (unpaired) electrons. The Hall–Kier alpha value is -3.11. The number of nitrogens with zero attached hydrogens (tertiary/aromatic N) is 3. The summed E-state index contributed by atoms with van der Waals surface area (Å²) in [5.74, 6) is -1.18. The van der Waals surface area contributed by atoms with E-state index < -0.39 is 30.1 Å². The van der Waals surface area contributed by atoms with Gasteiger partial charge in [-0.2, -0.15) is 18.3 Å². The van der Waals surface area contributed by atoms with Crippen molar-refractivity contribution in [2.24, 2.45) is 5.41 Å². The second kappa shape index (κ2) is 8.28. The van der Waals surface area contributed by atoms with E-state index in [0.717, 1.165) is 12.3 Å². The van der Waals surface area contributed by atoms with Gasteiger partial charge in [-0.15, -0.1) is 0 Å². The van der Waals surface area contributed by atoms with Gasteiger partial charge in [-0.3, -0.25) is 9.59 Å². The highest BCUT2D eigenvalue weighted by Gasteiger charge is 2.28. The Bertz CT molecular complexity index is 826. The number of esters is 1. The third kappa shape index (κ3) is 6.56. The van der Waals surface area contributed by atoms with Crippen LogP contribution in [-0.4, -0.2) is 39.4 Å². The summed E-state index contributed by atoms with van der Waals surface area (Å²) >= 11 is 0. The van der Waals surface area contributed by atoms with Gasteiger partial charge in [0.05, 0.1) is 29.1 Å². The SMILES string of the molecule is CC(C)(C)C(=O)OCn1cc(NC(=O)c2ccc(OCC(F)(F)F)nc2)cn1. The number of hydrogen-bond donors (Lipinski definition) is 1. The van der Waals surface area contributed by atoms with E-state index >= 15 is 0 Å². The molecule has 0 saturated heterocycles. The van der Waals surface area contributed by atoms with E-state index in [-0.39, 0.29) is 18.2 Å². The number of nitrogens with one attached hydrogen (secondary N) is 1. The fourth-order valence-corrected chi connectivity index (χ4v) is 1.80. The molecule has 28 heavy (non-hydrogen) atoms. The molecule has 0 spiro atoms. The fraction of sp³-hybridized carbons (Fsp3) is 0.412. The molecule has 0 fully saturated rings. The van der Waals surface area contributed by atoms with E-state index in [9.17, 15) is 22.8 Å². The minimum Gasteiger partial charge on any atom is -0.468 e. The largest absolute Gasteiger partial charge is 0.468 e. The summed E-state index contributed by atoms with van der Waals surface area (Å²) in [6, 6.07) is 2.44. The Labute approximate surface area is 158 Å². The average molecular weight is 400 g/mol. The molecular weight excluding hydrogens is 381 g/mol. The van der Waals surface area contributed by atoms with Crippen LogP contribution in [0.5, 0.6) is 5.88 Å². The lowest BCUT2D eigenvalue weighted by atomic mass is 9.98. The monoisotopic (exact) mass is 400 g/mol. The number of ether oxygens (including phenoxy) is 2. The van der Waals surface area contributed by atoms with Crippen molar-refractivity contribution in [1.29, 1.82) is 0 Å². The van der Waals surface area contributed by atoms with Crippen molar-refractivity contribution in [3.63, 3.8) is 0 Å². The number of alkyl halides is 3. The van der Waals surface area contributed by atoms with Crippen molar-refractivity contribution >= 4 is 17.6 Å². The smallest absolute Gasteiger partial charge is 0.422 e. The molecule has 8 nitrogen and oxygen atoms in total. The number of amides is 1. The van der Waals surface area contributed by atoms with E-state index in [1.54, 1.807) is 20.8 Å². The van der Waals surface area contributed by atoms with Gasteiger partial charge in [-0.05, 0) is 26.8 Å². The molecule has 11 heteroatoms. The Morgan fingerprint density at radius 3 is 2.46 bits per heavy atom. The van der Waals surface area contributed by atoms with Crippen LogP contribution in [0.1, 0.15) is 31.1 Å². The third-order valence-corrected chi connectivity index (χ3v) is 3.21. The molecule has 152 valence electrons. The summed E-state index contributed by atoms with van der Waals surface area (Å²) in [6.45, 7) is 3.58. The van der Waals surface area contributed by atoms with E-state index in [2.05, 4.69) is 20.1 Å². The van der Waals surface area contributed by atoms with Crippen molar-refractivity contribution in [1.82, 2.24) is 14.8 Å². The van der Waals surface area contributed by atoms with Crippen molar-refractivity contribution < 1.29 is 32.2 Å². The maximum atomic E-state index is 12.2. The van der Waals surface area contributed by atoms with Crippen LogP contribution in [-0.2, 0) is 16.3 Å². The van der Waals surface area contributed by atoms with Gasteiger partial charge in [0.1, 0.15) is 0 Å². The number of pyridine rings is 1. The zero-order chi connectivity index (χ0) is 20.9. The van der Waals surface area contributed by atoms with Gasteiger partial charge in [0.2, 0.25) is 5.88 Å². The predicted octanol–water partition coefficient (Wildman–Crippen LogP) is 3.02. The highest BCUT2D eigenvalue weighted by atomic mass is 19.4. The molecule has 0 unspecified atom stereocenters. The Morgan fingerprint density at radius 1 is 1.18 bits per heavy atom. The molecule has 0 aliphatic carbocycles. The molecule has 2 rings (SSSR count). The highest BCUT2D eigenvalue weighted by Crippen LogP contribution is 2.18. The van der Waals surface area contributed by atoms with Crippen LogP contribution in [0.15, 0.2) is 30.7 Å². The summed E-state index contributed by atoms with van der Waals surface area (Å²) < 4.78 is 47.2. The highest BCUT2D eigenvalue weighted by molar-refractivity contribution is 6.03. The standard InChI is InChI=1S/C17H19F3N4O4/c1-16(2,3)15(26)28-10-24-8-12(7-22-24)23-14(25)11-4-5-13(21-6-11)27-9-17(18,19)20/h4-8H,9-10H2,1-3H3,(H,23,25). The van der Waals surface area contributed by atoms with Crippen LogP contribution in [0.25, 0.3) is 0 Å². The summed E-state index contributed by atoms with van der Waals surface area (Å²) in [4.78, 5) is 27.5. The Kier molecular flexibility index (Phi) is 6.26. The molecule has 1 N–H and O–H groups in total. The molecule has 0 atom stereocenters. The van der Waals surface area contributed by atoms with Crippen molar-refractivity contribution in [3.8, 4) is 5.88 Å². The second-order valence-corrected chi connectivity index (χ2v) is 6.82. The number of halogens is 3. The number of carbonyl (C=O) groups is 2. The first-order valence-corrected chi connectivity index (χ1v) is 8.11. The number of hydrogen-bond acceptors (Lipinski definition) is 6. The maximum Gasteiger partial charge on any atom is 0.422 e. The minimum atomic E-state index is -4.47. The van der Waals surface area contributed by atoms with Crippen LogP contribution in [0.3, 0.4) is 0 Å². The van der Waals surface area contributed by atoms with Crippen molar-refractivity contribution in [3.05, 3.63) is 36.3 Å². The molecule has 0 aliphatic heterocycles.